The van der Waals surface area contributed by atoms with Gasteiger partial charge in [-0.05, 0) is 43.9 Å². The van der Waals surface area contributed by atoms with Gasteiger partial charge in [-0.15, -0.1) is 0 Å². The number of rotatable bonds is 2. The average Bonchev–Trinajstić information content (AvgIpc) is 2.97. The van der Waals surface area contributed by atoms with Crippen molar-refractivity contribution in [1.29, 1.82) is 5.26 Å². The molecule has 6 nitrogen and oxygen atoms in total. The number of hydrogen-bond donors (Lipinski definition) is 1. The first-order valence-electron chi connectivity index (χ1n) is 9.52. The first-order chi connectivity index (χ1) is 12.7. The van der Waals surface area contributed by atoms with Crippen molar-refractivity contribution in [2.45, 2.75) is 38.5 Å². The maximum atomic E-state index is 12.7. The van der Waals surface area contributed by atoms with Crippen LogP contribution in [0.2, 0.25) is 0 Å². The van der Waals surface area contributed by atoms with E-state index >= 15 is 0 Å². The fraction of sp³-hybridized carbons (Fsp3) is 0.550. The number of carbonyl (C=O) groups is 2. The van der Waals surface area contributed by atoms with Crippen molar-refractivity contribution in [2.24, 2.45) is 5.92 Å². The maximum absolute atomic E-state index is 12.7. The van der Waals surface area contributed by atoms with Crippen LogP contribution in [0.4, 0.5) is 10.5 Å². The quantitative estimate of drug-likeness (QED) is 0.883. The van der Waals surface area contributed by atoms with Crippen LogP contribution in [0.5, 0.6) is 0 Å². The molecule has 3 amide bonds. The van der Waals surface area contributed by atoms with Crippen LogP contribution in [0.15, 0.2) is 24.3 Å². The lowest BCUT2D eigenvalue weighted by Crippen LogP contribution is -2.42. The van der Waals surface area contributed by atoms with E-state index in [4.69, 9.17) is 5.26 Å². The predicted molar refractivity (Wildman–Crippen MR) is 99.7 cm³/mol. The van der Waals surface area contributed by atoms with Crippen molar-refractivity contribution in [1.82, 2.24) is 9.80 Å². The summed E-state index contributed by atoms with van der Waals surface area (Å²) < 4.78 is 0. The Labute approximate surface area is 154 Å². The molecule has 6 heteroatoms. The van der Waals surface area contributed by atoms with Gasteiger partial charge in [0.05, 0.1) is 12.0 Å². The van der Waals surface area contributed by atoms with E-state index in [0.29, 0.717) is 24.3 Å². The third-order valence-corrected chi connectivity index (χ3v) is 5.15. The Morgan fingerprint density at radius 3 is 2.50 bits per heavy atom. The van der Waals surface area contributed by atoms with Gasteiger partial charge < -0.3 is 15.1 Å². The van der Waals surface area contributed by atoms with E-state index in [1.165, 1.54) is 12.8 Å². The van der Waals surface area contributed by atoms with E-state index in [0.717, 1.165) is 38.8 Å². The highest BCUT2D eigenvalue weighted by atomic mass is 16.2. The van der Waals surface area contributed by atoms with Crippen molar-refractivity contribution in [2.75, 3.05) is 31.5 Å². The SMILES string of the molecule is N#C[C@H]1CCCN(C(=O)Nc2cccc(C(=O)N3CCCCCC3)c2)C1. The molecule has 2 aliphatic heterocycles. The van der Waals surface area contributed by atoms with Crippen molar-refractivity contribution < 1.29 is 9.59 Å². The molecule has 3 rings (SSSR count). The monoisotopic (exact) mass is 354 g/mol. The van der Waals surface area contributed by atoms with Crippen molar-refractivity contribution in [3.63, 3.8) is 0 Å². The summed E-state index contributed by atoms with van der Waals surface area (Å²) in [6.07, 6.45) is 6.16. The van der Waals surface area contributed by atoms with Gasteiger partial charge in [-0.2, -0.15) is 5.26 Å². The molecule has 0 spiro atoms. The summed E-state index contributed by atoms with van der Waals surface area (Å²) in [5.41, 5.74) is 1.23. The number of nitrogens with zero attached hydrogens (tertiary/aromatic N) is 3. The summed E-state index contributed by atoms with van der Waals surface area (Å²) >= 11 is 0. The molecule has 0 unspecified atom stereocenters. The summed E-state index contributed by atoms with van der Waals surface area (Å²) in [5, 5.41) is 11.9. The molecule has 0 radical (unpaired) electrons. The number of piperidine rings is 1. The van der Waals surface area contributed by atoms with Gasteiger partial charge >= 0.3 is 6.03 Å². The van der Waals surface area contributed by atoms with Gasteiger partial charge in [0.1, 0.15) is 0 Å². The first-order valence-corrected chi connectivity index (χ1v) is 9.52. The van der Waals surface area contributed by atoms with Gasteiger partial charge in [-0.1, -0.05) is 18.9 Å². The number of nitrogens with one attached hydrogen (secondary N) is 1. The number of hydrogen-bond acceptors (Lipinski definition) is 3. The summed E-state index contributed by atoms with van der Waals surface area (Å²) in [6.45, 7) is 2.74. The van der Waals surface area contributed by atoms with E-state index in [1.807, 2.05) is 4.90 Å². The Bertz CT molecular complexity index is 689. The van der Waals surface area contributed by atoms with Crippen LogP contribution in [-0.4, -0.2) is 47.9 Å². The van der Waals surface area contributed by atoms with Crippen LogP contribution in [0.25, 0.3) is 0 Å². The molecule has 0 bridgehead atoms. The van der Waals surface area contributed by atoms with Crippen LogP contribution in [0.1, 0.15) is 48.9 Å². The van der Waals surface area contributed by atoms with Crippen molar-refractivity contribution >= 4 is 17.6 Å². The number of benzene rings is 1. The summed E-state index contributed by atoms with van der Waals surface area (Å²) in [6, 6.07) is 9.18. The highest BCUT2D eigenvalue weighted by Crippen LogP contribution is 2.19. The summed E-state index contributed by atoms with van der Waals surface area (Å²) in [5.74, 6) is -0.0593. The average molecular weight is 354 g/mol. The fourth-order valence-electron chi connectivity index (χ4n) is 3.66. The van der Waals surface area contributed by atoms with Gasteiger partial charge in [-0.3, -0.25) is 4.79 Å². The lowest BCUT2D eigenvalue weighted by atomic mass is 10.0. The zero-order chi connectivity index (χ0) is 18.4. The molecule has 2 saturated heterocycles. The minimum Gasteiger partial charge on any atom is -0.339 e. The molecule has 2 fully saturated rings. The Morgan fingerprint density at radius 1 is 1.04 bits per heavy atom. The number of anilines is 1. The molecular weight excluding hydrogens is 328 g/mol. The highest BCUT2D eigenvalue weighted by molar-refractivity contribution is 5.97. The summed E-state index contributed by atoms with van der Waals surface area (Å²) in [4.78, 5) is 28.8. The van der Waals surface area contributed by atoms with E-state index in [2.05, 4.69) is 11.4 Å². The van der Waals surface area contributed by atoms with Gasteiger partial charge in [0.25, 0.3) is 5.91 Å². The number of urea groups is 1. The third-order valence-electron chi connectivity index (χ3n) is 5.15. The fourth-order valence-corrected chi connectivity index (χ4v) is 3.66. The topological polar surface area (TPSA) is 76.4 Å². The van der Waals surface area contributed by atoms with Gasteiger partial charge in [0, 0.05) is 37.4 Å². The van der Waals surface area contributed by atoms with Crippen LogP contribution < -0.4 is 5.32 Å². The normalized spacial score (nSPS) is 20.8. The van der Waals surface area contributed by atoms with Gasteiger partial charge in [-0.25, -0.2) is 4.79 Å². The third kappa shape index (κ3) is 4.54. The van der Waals surface area contributed by atoms with E-state index in [-0.39, 0.29) is 17.9 Å². The van der Waals surface area contributed by atoms with Gasteiger partial charge in [0.2, 0.25) is 0 Å². The second kappa shape index (κ2) is 8.70. The number of likely N-dealkylation sites (tertiary alicyclic amines) is 2. The molecule has 1 aromatic rings. The minimum atomic E-state index is -0.204. The second-order valence-electron chi connectivity index (χ2n) is 7.13. The van der Waals surface area contributed by atoms with Crippen LogP contribution >= 0.6 is 0 Å². The Kier molecular flexibility index (Phi) is 6.11. The molecule has 1 N–H and O–H groups in total. The zero-order valence-corrected chi connectivity index (χ0v) is 15.1. The smallest absolute Gasteiger partial charge is 0.321 e. The van der Waals surface area contributed by atoms with Crippen LogP contribution in [-0.2, 0) is 0 Å². The minimum absolute atomic E-state index is 0.0329. The predicted octanol–water partition coefficient (Wildman–Crippen LogP) is 3.47. The number of amides is 3. The lowest BCUT2D eigenvalue weighted by Gasteiger charge is -2.29. The number of carbonyl (C=O) groups excluding carboxylic acids is 2. The molecule has 0 aromatic heterocycles. The molecule has 26 heavy (non-hydrogen) atoms. The van der Waals surface area contributed by atoms with Crippen molar-refractivity contribution in [3.05, 3.63) is 29.8 Å². The van der Waals surface area contributed by atoms with E-state index < -0.39 is 0 Å². The second-order valence-corrected chi connectivity index (χ2v) is 7.13. The van der Waals surface area contributed by atoms with Crippen LogP contribution in [0, 0.1) is 17.2 Å². The molecule has 0 saturated carbocycles. The summed E-state index contributed by atoms with van der Waals surface area (Å²) in [7, 11) is 0. The van der Waals surface area contributed by atoms with E-state index in [9.17, 15) is 9.59 Å². The molecule has 138 valence electrons. The molecule has 2 aliphatic rings. The lowest BCUT2D eigenvalue weighted by molar-refractivity contribution is 0.0761. The molecule has 2 heterocycles. The molecule has 1 aromatic carbocycles. The largest absolute Gasteiger partial charge is 0.339 e. The Morgan fingerprint density at radius 2 is 1.77 bits per heavy atom. The molecule has 0 aliphatic carbocycles. The van der Waals surface area contributed by atoms with E-state index in [1.54, 1.807) is 29.2 Å². The first kappa shape index (κ1) is 18.2. The highest BCUT2D eigenvalue weighted by Gasteiger charge is 2.24. The Balaban J connectivity index is 1.64. The Hall–Kier alpha value is -2.55. The van der Waals surface area contributed by atoms with Crippen molar-refractivity contribution in [3.8, 4) is 6.07 Å². The standard InChI is InChI=1S/C20H26N4O2/c21-14-16-7-6-12-24(15-16)20(26)22-18-9-5-8-17(13-18)19(25)23-10-3-1-2-4-11-23/h5,8-9,13,16H,1-4,6-7,10-12,15H2,(H,22,26)/t16-/m1/s1. The van der Waals surface area contributed by atoms with Gasteiger partial charge in [0.15, 0.2) is 0 Å². The zero-order valence-electron chi connectivity index (χ0n) is 15.1. The molecular formula is C20H26N4O2. The molecule has 1 atom stereocenters. The van der Waals surface area contributed by atoms with Crippen LogP contribution in [0.3, 0.4) is 0 Å². The number of nitriles is 1. The maximum Gasteiger partial charge on any atom is 0.321 e.